The van der Waals surface area contributed by atoms with Gasteiger partial charge in [-0.05, 0) is 30.3 Å². The molecule has 0 spiro atoms. The lowest BCUT2D eigenvalue weighted by Crippen LogP contribution is -2.18. The minimum atomic E-state index is -0.242. The van der Waals surface area contributed by atoms with Crippen molar-refractivity contribution in [3.05, 3.63) is 75.3 Å². The maximum Gasteiger partial charge on any atom is 0.323 e. The van der Waals surface area contributed by atoms with Crippen LogP contribution in [0.4, 0.5) is 0 Å². The molecule has 0 saturated heterocycles. The lowest BCUT2D eigenvalue weighted by Gasteiger charge is -2.12. The lowest BCUT2D eigenvalue weighted by molar-refractivity contribution is 0.411. The van der Waals surface area contributed by atoms with Crippen LogP contribution in [0.2, 0.25) is 10.0 Å². The Labute approximate surface area is 135 Å². The molecule has 1 aromatic carbocycles. The molecule has 3 aromatic rings. The van der Waals surface area contributed by atoms with E-state index in [-0.39, 0.29) is 17.4 Å². The highest BCUT2D eigenvalue weighted by molar-refractivity contribution is 6.30. The van der Waals surface area contributed by atoms with E-state index in [0.717, 1.165) is 0 Å². The summed E-state index contributed by atoms with van der Waals surface area (Å²) in [5.41, 5.74) is 0.382. The molecule has 0 aliphatic carbocycles. The first-order valence-electron chi connectivity index (χ1n) is 6.27. The minimum absolute atomic E-state index is 0.0951. The molecule has 2 aromatic heterocycles. The molecule has 0 aliphatic rings. The zero-order valence-electron chi connectivity index (χ0n) is 11.1. The van der Waals surface area contributed by atoms with Gasteiger partial charge in [-0.1, -0.05) is 29.3 Å². The van der Waals surface area contributed by atoms with Crippen molar-refractivity contribution in [1.29, 1.82) is 0 Å². The number of nitrogens with zero attached hydrogens (tertiary/aromatic N) is 3. The van der Waals surface area contributed by atoms with Crippen molar-refractivity contribution in [3.8, 4) is 17.6 Å². The van der Waals surface area contributed by atoms with Crippen LogP contribution >= 0.6 is 23.2 Å². The number of halogens is 2. The van der Waals surface area contributed by atoms with Gasteiger partial charge in [-0.25, -0.2) is 14.5 Å². The van der Waals surface area contributed by atoms with Crippen molar-refractivity contribution < 1.29 is 4.74 Å². The van der Waals surface area contributed by atoms with Gasteiger partial charge in [-0.3, -0.25) is 4.79 Å². The maximum atomic E-state index is 12.2. The predicted octanol–water partition coefficient (Wildman–Crippen LogP) is 3.73. The average molecular weight is 334 g/mol. The molecule has 5 nitrogen and oxygen atoms in total. The van der Waals surface area contributed by atoms with E-state index in [1.807, 2.05) is 0 Å². The monoisotopic (exact) mass is 333 g/mol. The largest absolute Gasteiger partial charge is 0.407 e. The lowest BCUT2D eigenvalue weighted by atomic mass is 10.3. The van der Waals surface area contributed by atoms with Crippen molar-refractivity contribution in [1.82, 2.24) is 14.5 Å². The standard InChI is InChI=1S/C15H9Cl2N3O2/c16-10-4-6-12(7-5-10)20-13(21)2-1-3-14(20)22-15-18-8-11(17)9-19-15/h1-9H. The van der Waals surface area contributed by atoms with Crippen LogP contribution in [-0.4, -0.2) is 14.5 Å². The van der Waals surface area contributed by atoms with Crippen LogP contribution in [0.15, 0.2) is 59.7 Å². The van der Waals surface area contributed by atoms with Gasteiger partial charge in [0, 0.05) is 11.1 Å². The van der Waals surface area contributed by atoms with E-state index >= 15 is 0 Å². The van der Waals surface area contributed by atoms with E-state index < -0.39 is 0 Å². The molecular weight excluding hydrogens is 325 g/mol. The summed E-state index contributed by atoms with van der Waals surface area (Å²) < 4.78 is 6.98. The van der Waals surface area contributed by atoms with Crippen molar-refractivity contribution in [3.63, 3.8) is 0 Å². The van der Waals surface area contributed by atoms with Crippen LogP contribution in [-0.2, 0) is 0 Å². The van der Waals surface area contributed by atoms with Crippen LogP contribution in [0.3, 0.4) is 0 Å². The van der Waals surface area contributed by atoms with E-state index in [1.54, 1.807) is 36.4 Å². The highest BCUT2D eigenvalue weighted by Crippen LogP contribution is 2.21. The number of aromatic nitrogens is 3. The van der Waals surface area contributed by atoms with Crippen LogP contribution in [0.25, 0.3) is 5.69 Å². The van der Waals surface area contributed by atoms with Gasteiger partial charge >= 0.3 is 6.01 Å². The zero-order valence-corrected chi connectivity index (χ0v) is 12.6. The number of rotatable bonds is 3. The molecule has 0 radical (unpaired) electrons. The Bertz CT molecular complexity index is 846. The second kappa shape index (κ2) is 6.17. The third-order valence-electron chi connectivity index (χ3n) is 2.80. The average Bonchev–Trinajstić information content (AvgIpc) is 2.51. The number of ether oxygens (including phenoxy) is 1. The first-order valence-corrected chi connectivity index (χ1v) is 7.02. The summed E-state index contributed by atoms with van der Waals surface area (Å²) in [6.45, 7) is 0. The van der Waals surface area contributed by atoms with Gasteiger partial charge in [0.1, 0.15) is 0 Å². The van der Waals surface area contributed by atoms with E-state index in [4.69, 9.17) is 27.9 Å². The van der Waals surface area contributed by atoms with Crippen molar-refractivity contribution in [2.45, 2.75) is 0 Å². The molecule has 0 fully saturated rings. The molecule has 7 heteroatoms. The number of benzene rings is 1. The third kappa shape index (κ3) is 3.10. The Morgan fingerprint density at radius 3 is 2.27 bits per heavy atom. The van der Waals surface area contributed by atoms with E-state index in [9.17, 15) is 4.79 Å². The second-order valence-electron chi connectivity index (χ2n) is 4.30. The molecule has 0 amide bonds. The highest BCUT2D eigenvalue weighted by Gasteiger charge is 2.09. The Kier molecular flexibility index (Phi) is 4.09. The molecule has 0 bridgehead atoms. The zero-order chi connectivity index (χ0) is 15.5. The van der Waals surface area contributed by atoms with Gasteiger partial charge in [-0.15, -0.1) is 0 Å². The number of hydrogen-bond acceptors (Lipinski definition) is 4. The smallest absolute Gasteiger partial charge is 0.323 e. The van der Waals surface area contributed by atoms with Gasteiger partial charge in [0.25, 0.3) is 5.56 Å². The summed E-state index contributed by atoms with van der Waals surface area (Å²) in [4.78, 5) is 20.1. The Morgan fingerprint density at radius 2 is 1.59 bits per heavy atom. The fourth-order valence-electron chi connectivity index (χ4n) is 1.84. The summed E-state index contributed by atoms with van der Waals surface area (Å²) in [5, 5.41) is 0.978. The highest BCUT2D eigenvalue weighted by atomic mass is 35.5. The van der Waals surface area contributed by atoms with Crippen molar-refractivity contribution in [2.24, 2.45) is 0 Å². The van der Waals surface area contributed by atoms with Gasteiger partial charge < -0.3 is 4.74 Å². The molecule has 110 valence electrons. The summed E-state index contributed by atoms with van der Waals surface area (Å²) in [7, 11) is 0. The van der Waals surface area contributed by atoms with E-state index in [1.165, 1.54) is 23.0 Å². The summed E-state index contributed by atoms with van der Waals surface area (Å²) in [6, 6.07) is 11.6. The predicted molar refractivity (Wildman–Crippen MR) is 84.2 cm³/mol. The van der Waals surface area contributed by atoms with Crippen LogP contribution in [0.5, 0.6) is 11.9 Å². The first kappa shape index (κ1) is 14.6. The van der Waals surface area contributed by atoms with Gasteiger partial charge in [0.2, 0.25) is 5.88 Å². The third-order valence-corrected chi connectivity index (χ3v) is 3.24. The molecule has 0 unspecified atom stereocenters. The Hall–Kier alpha value is -2.37. The van der Waals surface area contributed by atoms with E-state index in [2.05, 4.69) is 9.97 Å². The van der Waals surface area contributed by atoms with Crippen LogP contribution in [0.1, 0.15) is 0 Å². The Morgan fingerprint density at radius 1 is 0.909 bits per heavy atom. The fourth-order valence-corrected chi connectivity index (χ4v) is 2.06. The Balaban J connectivity index is 2.05. The quantitative estimate of drug-likeness (QED) is 0.732. The molecule has 2 heterocycles. The van der Waals surface area contributed by atoms with Gasteiger partial charge in [0.15, 0.2) is 0 Å². The van der Waals surface area contributed by atoms with Gasteiger partial charge in [0.05, 0.1) is 23.1 Å². The molecule has 0 atom stereocenters. The topological polar surface area (TPSA) is 57.0 Å². The molecule has 0 saturated carbocycles. The summed E-state index contributed by atoms with van der Waals surface area (Å²) >= 11 is 11.6. The fraction of sp³-hybridized carbons (Fsp3) is 0. The molecule has 0 N–H and O–H groups in total. The molecule has 0 aliphatic heterocycles. The first-order chi connectivity index (χ1) is 10.6. The minimum Gasteiger partial charge on any atom is -0.407 e. The van der Waals surface area contributed by atoms with Gasteiger partial charge in [-0.2, -0.15) is 0 Å². The van der Waals surface area contributed by atoms with Crippen molar-refractivity contribution in [2.75, 3.05) is 0 Å². The second-order valence-corrected chi connectivity index (χ2v) is 5.17. The number of pyridine rings is 1. The maximum absolute atomic E-state index is 12.2. The van der Waals surface area contributed by atoms with Crippen molar-refractivity contribution >= 4 is 23.2 Å². The molecule has 22 heavy (non-hydrogen) atoms. The summed E-state index contributed by atoms with van der Waals surface area (Å²) in [6.07, 6.45) is 2.83. The molecule has 3 rings (SSSR count). The summed E-state index contributed by atoms with van der Waals surface area (Å²) in [5.74, 6) is 0.289. The van der Waals surface area contributed by atoms with Crippen LogP contribution < -0.4 is 10.3 Å². The molecular formula is C15H9Cl2N3O2. The number of hydrogen-bond donors (Lipinski definition) is 0. The van der Waals surface area contributed by atoms with Crippen LogP contribution in [0, 0.1) is 0 Å². The van der Waals surface area contributed by atoms with E-state index in [0.29, 0.717) is 15.7 Å². The normalized spacial score (nSPS) is 10.5. The SMILES string of the molecule is O=c1cccc(Oc2ncc(Cl)cn2)n1-c1ccc(Cl)cc1.